The monoisotopic (exact) mass is 270 g/mol. The van der Waals surface area contributed by atoms with E-state index >= 15 is 0 Å². The summed E-state index contributed by atoms with van der Waals surface area (Å²) < 4.78 is 0. The molecule has 2 rings (SSSR count). The van der Waals surface area contributed by atoms with Crippen LogP contribution in [0.3, 0.4) is 0 Å². The minimum atomic E-state index is -0.636. The van der Waals surface area contributed by atoms with Gasteiger partial charge in [-0.05, 0) is 19.1 Å². The lowest BCUT2D eigenvalue weighted by molar-refractivity contribution is -0.120. The molecular formula is C14H14N4O2. The van der Waals surface area contributed by atoms with E-state index in [2.05, 4.69) is 21.7 Å². The van der Waals surface area contributed by atoms with Crippen LogP contribution in [0, 0.1) is 12.3 Å². The van der Waals surface area contributed by atoms with E-state index in [9.17, 15) is 9.59 Å². The van der Waals surface area contributed by atoms with Crippen LogP contribution in [-0.4, -0.2) is 30.2 Å². The Hall–Kier alpha value is -2.81. The van der Waals surface area contributed by atoms with Gasteiger partial charge in [-0.3, -0.25) is 15.0 Å². The molecule has 1 aliphatic heterocycles. The predicted octanol–water partition coefficient (Wildman–Crippen LogP) is 0.0742. The highest BCUT2D eigenvalue weighted by Gasteiger charge is 2.30. The van der Waals surface area contributed by atoms with Gasteiger partial charge in [-0.15, -0.1) is 6.42 Å². The second-order valence-electron chi connectivity index (χ2n) is 4.16. The molecule has 0 spiro atoms. The number of para-hydroxylation sites is 1. The zero-order valence-corrected chi connectivity index (χ0v) is 11.0. The second kappa shape index (κ2) is 5.89. The number of carbonyl (C=O) groups excluding carboxylic acids is 2. The Balaban J connectivity index is 2.22. The van der Waals surface area contributed by atoms with E-state index in [1.165, 1.54) is 5.01 Å². The number of anilines is 1. The first-order chi connectivity index (χ1) is 9.63. The summed E-state index contributed by atoms with van der Waals surface area (Å²) in [5, 5.41) is 3.81. The van der Waals surface area contributed by atoms with Crippen molar-refractivity contribution in [3.63, 3.8) is 0 Å². The topological polar surface area (TPSA) is 73.8 Å². The van der Waals surface area contributed by atoms with Gasteiger partial charge < -0.3 is 5.32 Å². The number of terminal acetylenes is 1. The van der Waals surface area contributed by atoms with Gasteiger partial charge in [0.25, 0.3) is 11.8 Å². The molecule has 6 heteroatoms. The Morgan fingerprint density at radius 3 is 2.85 bits per heavy atom. The minimum absolute atomic E-state index is 0.0659. The molecule has 0 unspecified atom stereocenters. The third-order valence-corrected chi connectivity index (χ3v) is 2.70. The average molecular weight is 270 g/mol. The Morgan fingerprint density at radius 2 is 2.20 bits per heavy atom. The number of nitrogens with zero attached hydrogens (tertiary/aromatic N) is 2. The number of benzene rings is 1. The van der Waals surface area contributed by atoms with Crippen LogP contribution >= 0.6 is 0 Å². The molecule has 20 heavy (non-hydrogen) atoms. The van der Waals surface area contributed by atoms with Crippen molar-refractivity contribution in [2.75, 3.05) is 11.6 Å². The first-order valence-electron chi connectivity index (χ1n) is 6.08. The molecule has 6 nitrogen and oxygen atoms in total. The molecule has 2 N–H and O–H groups in total. The van der Waals surface area contributed by atoms with Crippen LogP contribution in [0.1, 0.15) is 6.92 Å². The Morgan fingerprint density at radius 1 is 1.50 bits per heavy atom. The average Bonchev–Trinajstić information content (AvgIpc) is 2.48. The van der Waals surface area contributed by atoms with Crippen LogP contribution in [0.4, 0.5) is 5.69 Å². The van der Waals surface area contributed by atoms with Gasteiger partial charge in [0.1, 0.15) is 6.04 Å². The smallest absolute Gasteiger partial charge is 0.288 e. The summed E-state index contributed by atoms with van der Waals surface area (Å²) >= 11 is 0. The summed E-state index contributed by atoms with van der Waals surface area (Å²) in [6.07, 6.45) is 5.08. The molecule has 1 heterocycles. The number of nitrogens with one attached hydrogen (secondary N) is 2. The summed E-state index contributed by atoms with van der Waals surface area (Å²) in [5.41, 5.74) is 3.35. The van der Waals surface area contributed by atoms with Crippen LogP contribution in [-0.2, 0) is 9.59 Å². The van der Waals surface area contributed by atoms with Crippen molar-refractivity contribution in [2.45, 2.75) is 13.0 Å². The fourth-order valence-corrected chi connectivity index (χ4v) is 1.72. The maximum Gasteiger partial charge on any atom is 0.288 e. The third-order valence-electron chi connectivity index (χ3n) is 2.70. The fourth-order valence-electron chi connectivity index (χ4n) is 1.72. The maximum atomic E-state index is 12.1. The first-order valence-corrected chi connectivity index (χ1v) is 6.08. The van der Waals surface area contributed by atoms with Crippen molar-refractivity contribution in [3.8, 4) is 12.3 Å². The van der Waals surface area contributed by atoms with Crippen molar-refractivity contribution in [3.05, 3.63) is 30.3 Å². The summed E-state index contributed by atoms with van der Waals surface area (Å²) in [4.78, 5) is 28.0. The van der Waals surface area contributed by atoms with Gasteiger partial charge >= 0.3 is 0 Å². The van der Waals surface area contributed by atoms with Crippen LogP contribution in [0.15, 0.2) is 35.3 Å². The highest BCUT2D eigenvalue weighted by Crippen LogP contribution is 2.15. The van der Waals surface area contributed by atoms with Crippen LogP contribution in [0.2, 0.25) is 0 Å². The van der Waals surface area contributed by atoms with Crippen LogP contribution in [0.5, 0.6) is 0 Å². The normalized spacial score (nSPS) is 17.8. The van der Waals surface area contributed by atoms with E-state index in [1.807, 2.05) is 6.07 Å². The predicted molar refractivity (Wildman–Crippen MR) is 75.8 cm³/mol. The lowest BCUT2D eigenvalue weighted by Gasteiger charge is -2.30. The van der Waals surface area contributed by atoms with Crippen molar-refractivity contribution in [2.24, 2.45) is 4.99 Å². The quantitative estimate of drug-likeness (QED) is 0.764. The van der Waals surface area contributed by atoms with E-state index in [1.54, 1.807) is 31.2 Å². The lowest BCUT2D eigenvalue weighted by Crippen LogP contribution is -2.58. The van der Waals surface area contributed by atoms with Gasteiger partial charge in [0, 0.05) is 0 Å². The van der Waals surface area contributed by atoms with E-state index < -0.39 is 11.9 Å². The molecule has 1 atom stereocenters. The molecule has 0 bridgehead atoms. The van der Waals surface area contributed by atoms with E-state index in [4.69, 9.17) is 6.42 Å². The number of hydrogen-bond donors (Lipinski definition) is 2. The summed E-state index contributed by atoms with van der Waals surface area (Å²) in [6.45, 7) is 1.74. The van der Waals surface area contributed by atoms with Crippen molar-refractivity contribution < 1.29 is 9.59 Å². The molecule has 102 valence electrons. The molecule has 1 aromatic carbocycles. The fraction of sp³-hybridized carbons (Fsp3) is 0.214. The Bertz CT molecular complexity index is 589. The van der Waals surface area contributed by atoms with Crippen LogP contribution < -0.4 is 15.8 Å². The first kappa shape index (κ1) is 13.6. The summed E-state index contributed by atoms with van der Waals surface area (Å²) in [5.74, 6) is 1.70. The zero-order valence-electron chi connectivity index (χ0n) is 11.0. The van der Waals surface area contributed by atoms with E-state index in [-0.39, 0.29) is 18.3 Å². The molecule has 0 saturated carbocycles. The van der Waals surface area contributed by atoms with Gasteiger partial charge in [0.15, 0.2) is 0 Å². The summed E-state index contributed by atoms with van der Waals surface area (Å²) in [7, 11) is 0. The molecular weight excluding hydrogens is 256 g/mol. The summed E-state index contributed by atoms with van der Waals surface area (Å²) in [6, 6.07) is 8.34. The molecule has 0 radical (unpaired) electrons. The van der Waals surface area contributed by atoms with Crippen LogP contribution in [0.25, 0.3) is 0 Å². The van der Waals surface area contributed by atoms with Gasteiger partial charge in [-0.25, -0.2) is 10.0 Å². The number of amides is 2. The van der Waals surface area contributed by atoms with E-state index in [0.29, 0.717) is 5.69 Å². The molecule has 0 fully saturated rings. The van der Waals surface area contributed by atoms with Crippen molar-refractivity contribution in [1.82, 2.24) is 10.7 Å². The van der Waals surface area contributed by atoms with Gasteiger partial charge in [-0.1, -0.05) is 24.1 Å². The Labute approximate surface area is 116 Å². The van der Waals surface area contributed by atoms with Crippen molar-refractivity contribution >= 4 is 23.3 Å². The third kappa shape index (κ3) is 2.78. The van der Waals surface area contributed by atoms with Gasteiger partial charge in [-0.2, -0.15) is 0 Å². The number of hydrogen-bond acceptors (Lipinski definition) is 4. The van der Waals surface area contributed by atoms with E-state index in [0.717, 1.165) is 0 Å². The highest BCUT2D eigenvalue weighted by atomic mass is 16.2. The lowest BCUT2D eigenvalue weighted by atomic mass is 10.2. The standard InChI is InChI=1S/C14H14N4O2/c1-3-9-15-13(19)12-16-10(2)14(20)18(17-12)11-7-5-4-6-8-11/h1,4-8,10H,9H2,2H3,(H,15,19)(H,16,17)/t10-/m0/s1. The number of aliphatic imine (C=N–C) groups is 1. The van der Waals surface area contributed by atoms with Gasteiger partial charge in [0.05, 0.1) is 12.2 Å². The molecule has 0 aromatic heterocycles. The largest absolute Gasteiger partial charge is 0.338 e. The number of carbonyl (C=O) groups is 2. The SMILES string of the molecule is C#CCNC(=O)C1=N[C@@H](C)C(=O)N(c2ccccc2)N1. The number of amidine groups is 1. The molecule has 0 saturated heterocycles. The van der Waals surface area contributed by atoms with Crippen molar-refractivity contribution in [1.29, 1.82) is 0 Å². The number of rotatable bonds is 3. The Kier molecular flexibility index (Phi) is 4.01. The molecule has 1 aromatic rings. The second-order valence-corrected chi connectivity index (χ2v) is 4.16. The molecule has 1 aliphatic rings. The number of hydrazine groups is 1. The molecule has 0 aliphatic carbocycles. The highest BCUT2D eigenvalue weighted by molar-refractivity contribution is 6.39. The minimum Gasteiger partial charge on any atom is -0.338 e. The van der Waals surface area contributed by atoms with Gasteiger partial charge in [0.2, 0.25) is 5.84 Å². The molecule has 2 amide bonds. The maximum absolute atomic E-state index is 12.1. The zero-order chi connectivity index (χ0) is 14.5.